The molecule has 1 aliphatic heterocycles. The lowest BCUT2D eigenvalue weighted by Gasteiger charge is -2.24. The topological polar surface area (TPSA) is 77.7 Å². The number of primary amides is 1. The van der Waals surface area contributed by atoms with Crippen LogP contribution in [0.5, 0.6) is 11.5 Å². The molecule has 0 bridgehead atoms. The van der Waals surface area contributed by atoms with Crippen molar-refractivity contribution < 1.29 is 14.3 Å². The molecule has 0 aliphatic carbocycles. The van der Waals surface area contributed by atoms with Crippen LogP contribution in [0.4, 0.5) is 0 Å². The largest absolute Gasteiger partial charge is 0.457 e. The Morgan fingerprint density at radius 1 is 1.20 bits per heavy atom. The molecule has 1 aromatic carbocycles. The van der Waals surface area contributed by atoms with Gasteiger partial charge in [-0.1, -0.05) is 24.6 Å². The average Bonchev–Trinajstić information content (AvgIpc) is 2.65. The monoisotopic (exact) mass is 343 g/mol. The van der Waals surface area contributed by atoms with E-state index in [1.807, 2.05) is 31.2 Å². The highest BCUT2D eigenvalue weighted by molar-refractivity contribution is 5.91. The minimum absolute atomic E-state index is 0.189. The van der Waals surface area contributed by atoms with Gasteiger partial charge in [0, 0.05) is 25.4 Å². The van der Waals surface area contributed by atoms with E-state index in [0.29, 0.717) is 11.5 Å². The smallest absolute Gasteiger partial charge is 0.267 e. The molecule has 0 radical (unpaired) electrons. The van der Waals surface area contributed by atoms with Gasteiger partial charge in [0.05, 0.1) is 13.2 Å². The predicted octanol–water partition coefficient (Wildman–Crippen LogP) is 2.62. The number of rotatable bonds is 4. The molecule has 2 heterocycles. The van der Waals surface area contributed by atoms with Crippen molar-refractivity contribution in [2.75, 3.05) is 32.8 Å². The minimum Gasteiger partial charge on any atom is -0.457 e. The second kappa shape index (κ2) is 9.76. The van der Waals surface area contributed by atoms with E-state index in [-0.39, 0.29) is 5.69 Å². The number of benzene rings is 1. The summed E-state index contributed by atoms with van der Waals surface area (Å²) in [5, 5.41) is 0. The van der Waals surface area contributed by atoms with Crippen LogP contribution in [0, 0.1) is 6.92 Å². The summed E-state index contributed by atoms with van der Waals surface area (Å²) in [5.74, 6) is 0.675. The van der Waals surface area contributed by atoms with Crippen LogP contribution in [-0.4, -0.2) is 48.6 Å². The normalized spacial score (nSPS) is 14.3. The van der Waals surface area contributed by atoms with Crippen molar-refractivity contribution in [1.29, 1.82) is 0 Å². The maximum Gasteiger partial charge on any atom is 0.267 e. The maximum absolute atomic E-state index is 11.0. The number of hydrogen-bond donors (Lipinski definition) is 1. The van der Waals surface area contributed by atoms with Crippen LogP contribution >= 0.6 is 0 Å². The maximum atomic E-state index is 11.0. The lowest BCUT2D eigenvalue weighted by Crippen LogP contribution is -2.35. The molecule has 25 heavy (non-hydrogen) atoms. The number of pyridine rings is 1. The molecule has 0 unspecified atom stereocenters. The summed E-state index contributed by atoms with van der Waals surface area (Å²) < 4.78 is 10.7. The van der Waals surface area contributed by atoms with E-state index in [9.17, 15) is 4.79 Å². The Labute approximate surface area is 148 Å². The van der Waals surface area contributed by atoms with Crippen molar-refractivity contribution in [2.45, 2.75) is 13.8 Å². The molecule has 6 nitrogen and oxygen atoms in total. The third-order valence-electron chi connectivity index (χ3n) is 3.79. The summed E-state index contributed by atoms with van der Waals surface area (Å²) in [6, 6.07) is 10.8. The van der Waals surface area contributed by atoms with Crippen LogP contribution in [0.3, 0.4) is 0 Å². The van der Waals surface area contributed by atoms with Crippen molar-refractivity contribution >= 4 is 5.91 Å². The van der Waals surface area contributed by atoms with Crippen molar-refractivity contribution in [3.63, 3.8) is 0 Å². The van der Waals surface area contributed by atoms with Gasteiger partial charge in [-0.25, -0.2) is 0 Å². The van der Waals surface area contributed by atoms with Crippen LogP contribution in [0.25, 0.3) is 0 Å². The Balaban J connectivity index is 0.000000236. The van der Waals surface area contributed by atoms with Gasteiger partial charge in [-0.05, 0) is 31.7 Å². The standard InChI is InChI=1S/C13H12N2O2.C6H13NO/c1-9-2-4-10(5-3-9)17-11-6-7-15-12(8-11)13(14)16;1-2-7-3-5-8-6-4-7/h2-8H,1H3,(H2,14,16);2-6H2,1H3. The number of carbonyl (C=O) groups excluding carboxylic acids is 1. The molecule has 1 saturated heterocycles. The van der Waals surface area contributed by atoms with E-state index in [1.165, 1.54) is 18.8 Å². The first-order valence-electron chi connectivity index (χ1n) is 8.39. The zero-order valence-electron chi connectivity index (χ0n) is 14.8. The first-order valence-corrected chi connectivity index (χ1v) is 8.39. The van der Waals surface area contributed by atoms with Crippen LogP contribution in [0.15, 0.2) is 42.6 Å². The summed E-state index contributed by atoms with van der Waals surface area (Å²) in [7, 11) is 0. The van der Waals surface area contributed by atoms with E-state index >= 15 is 0 Å². The first-order chi connectivity index (χ1) is 12.1. The quantitative estimate of drug-likeness (QED) is 0.923. The summed E-state index contributed by atoms with van der Waals surface area (Å²) in [4.78, 5) is 17.2. The SMILES string of the molecule is CCN1CCOCC1.Cc1ccc(Oc2ccnc(C(N)=O)c2)cc1. The van der Waals surface area contributed by atoms with E-state index < -0.39 is 5.91 Å². The van der Waals surface area contributed by atoms with E-state index in [2.05, 4.69) is 16.8 Å². The van der Waals surface area contributed by atoms with Gasteiger partial charge in [0.1, 0.15) is 17.2 Å². The van der Waals surface area contributed by atoms with E-state index in [1.54, 1.807) is 6.07 Å². The molecule has 1 aliphatic rings. The molecule has 2 aromatic rings. The van der Waals surface area contributed by atoms with Crippen LogP contribution in [0.1, 0.15) is 23.0 Å². The molecule has 2 N–H and O–H groups in total. The zero-order valence-corrected chi connectivity index (χ0v) is 14.8. The number of carbonyl (C=O) groups is 1. The molecule has 3 rings (SSSR count). The Morgan fingerprint density at radius 2 is 1.88 bits per heavy atom. The van der Waals surface area contributed by atoms with Crippen molar-refractivity contribution in [3.8, 4) is 11.5 Å². The Kier molecular flexibility index (Phi) is 7.37. The fourth-order valence-electron chi connectivity index (χ4n) is 2.27. The van der Waals surface area contributed by atoms with Crippen molar-refractivity contribution in [1.82, 2.24) is 9.88 Å². The summed E-state index contributed by atoms with van der Waals surface area (Å²) in [6.07, 6.45) is 1.49. The average molecular weight is 343 g/mol. The number of ether oxygens (including phenoxy) is 2. The fourth-order valence-corrected chi connectivity index (χ4v) is 2.27. The van der Waals surface area contributed by atoms with Crippen LogP contribution in [0.2, 0.25) is 0 Å². The predicted molar refractivity (Wildman–Crippen MR) is 96.9 cm³/mol. The fraction of sp³-hybridized carbons (Fsp3) is 0.368. The molecule has 1 fully saturated rings. The number of nitrogens with zero attached hydrogens (tertiary/aromatic N) is 2. The van der Waals surface area contributed by atoms with Gasteiger partial charge in [0.25, 0.3) is 5.91 Å². The molecular formula is C19H25N3O3. The first kappa shape index (κ1) is 18.9. The Hall–Kier alpha value is -2.44. The molecule has 1 amide bonds. The van der Waals surface area contributed by atoms with Crippen molar-refractivity contribution in [2.24, 2.45) is 5.73 Å². The van der Waals surface area contributed by atoms with Gasteiger partial charge in [-0.3, -0.25) is 14.7 Å². The van der Waals surface area contributed by atoms with Crippen LogP contribution in [-0.2, 0) is 4.74 Å². The number of morpholine rings is 1. The molecule has 0 spiro atoms. The number of nitrogens with two attached hydrogens (primary N) is 1. The Bertz CT molecular complexity index is 668. The summed E-state index contributed by atoms with van der Waals surface area (Å²) in [5.41, 5.74) is 6.49. The second-order valence-electron chi connectivity index (χ2n) is 5.70. The highest BCUT2D eigenvalue weighted by atomic mass is 16.5. The summed E-state index contributed by atoms with van der Waals surface area (Å²) >= 11 is 0. The van der Waals surface area contributed by atoms with Gasteiger partial charge in [-0.15, -0.1) is 0 Å². The number of aryl methyl sites for hydroxylation is 1. The molecule has 0 saturated carbocycles. The molecule has 6 heteroatoms. The Morgan fingerprint density at radius 3 is 2.44 bits per heavy atom. The lowest BCUT2D eigenvalue weighted by atomic mass is 10.2. The zero-order chi connectivity index (χ0) is 18.1. The summed E-state index contributed by atoms with van der Waals surface area (Å²) in [6.45, 7) is 9.45. The highest BCUT2D eigenvalue weighted by Gasteiger charge is 2.06. The van der Waals surface area contributed by atoms with E-state index in [4.69, 9.17) is 15.2 Å². The van der Waals surface area contributed by atoms with Crippen LogP contribution < -0.4 is 10.5 Å². The molecule has 0 atom stereocenters. The van der Waals surface area contributed by atoms with Gasteiger partial charge in [0.15, 0.2) is 0 Å². The minimum atomic E-state index is -0.570. The van der Waals surface area contributed by atoms with Gasteiger partial charge in [0.2, 0.25) is 0 Å². The number of amides is 1. The van der Waals surface area contributed by atoms with E-state index in [0.717, 1.165) is 31.9 Å². The van der Waals surface area contributed by atoms with Gasteiger partial charge >= 0.3 is 0 Å². The lowest BCUT2D eigenvalue weighted by molar-refractivity contribution is 0.0405. The van der Waals surface area contributed by atoms with Crippen molar-refractivity contribution in [3.05, 3.63) is 53.9 Å². The highest BCUT2D eigenvalue weighted by Crippen LogP contribution is 2.21. The van der Waals surface area contributed by atoms with Gasteiger partial charge in [-0.2, -0.15) is 0 Å². The molecule has 134 valence electrons. The third kappa shape index (κ3) is 6.52. The second-order valence-corrected chi connectivity index (χ2v) is 5.70. The number of aromatic nitrogens is 1. The molecule has 1 aromatic heterocycles. The third-order valence-corrected chi connectivity index (χ3v) is 3.79. The van der Waals surface area contributed by atoms with Gasteiger partial charge < -0.3 is 15.2 Å². The number of likely N-dealkylation sites (N-methyl/N-ethyl adjacent to an activating group) is 1. The number of hydrogen-bond acceptors (Lipinski definition) is 5. The molecular weight excluding hydrogens is 318 g/mol.